The molecule has 0 heterocycles. The summed E-state index contributed by atoms with van der Waals surface area (Å²) >= 11 is 0. The van der Waals surface area contributed by atoms with Crippen LogP contribution in [-0.4, -0.2) is 23.9 Å². The van der Waals surface area contributed by atoms with Gasteiger partial charge < -0.3 is 10.6 Å². The van der Waals surface area contributed by atoms with Crippen molar-refractivity contribution < 1.29 is 18.0 Å². The Kier molecular flexibility index (Phi) is 4.37. The van der Waals surface area contributed by atoms with Gasteiger partial charge in [-0.1, -0.05) is 24.3 Å². The third kappa shape index (κ3) is 3.85. The molecular formula is C15H17F3N2O. The lowest BCUT2D eigenvalue weighted by Gasteiger charge is -2.21. The Morgan fingerprint density at radius 3 is 2.38 bits per heavy atom. The zero-order valence-electron chi connectivity index (χ0n) is 11.6. The van der Waals surface area contributed by atoms with Gasteiger partial charge in [0.25, 0.3) is 0 Å². The van der Waals surface area contributed by atoms with E-state index in [9.17, 15) is 18.0 Å². The van der Waals surface area contributed by atoms with Gasteiger partial charge in [-0.05, 0) is 24.1 Å². The van der Waals surface area contributed by atoms with E-state index in [0.29, 0.717) is 12.0 Å². The topological polar surface area (TPSA) is 46.3 Å². The lowest BCUT2D eigenvalue weighted by atomic mass is 10.1. The van der Waals surface area contributed by atoms with Crippen molar-refractivity contribution in [3.63, 3.8) is 0 Å². The van der Waals surface area contributed by atoms with Gasteiger partial charge in [0.05, 0.1) is 11.5 Å². The van der Waals surface area contributed by atoms with Crippen molar-refractivity contribution in [2.45, 2.75) is 25.2 Å². The number of carbonyl (C=O) groups excluding carboxylic acids is 1. The Labute approximate surface area is 121 Å². The minimum absolute atomic E-state index is 0.0703. The molecule has 0 aromatic heterocycles. The highest BCUT2D eigenvalue weighted by Gasteiger charge is 2.30. The van der Waals surface area contributed by atoms with Gasteiger partial charge in [0, 0.05) is 19.6 Å². The molecule has 1 aromatic carbocycles. The molecule has 1 aliphatic rings. The zero-order chi connectivity index (χ0) is 15.6. The molecule has 2 unspecified atom stereocenters. The number of halogens is 3. The van der Waals surface area contributed by atoms with Gasteiger partial charge in [-0.2, -0.15) is 13.2 Å². The van der Waals surface area contributed by atoms with E-state index >= 15 is 0 Å². The number of hydrogen-bond acceptors (Lipinski definition) is 2. The van der Waals surface area contributed by atoms with Crippen LogP contribution in [0.3, 0.4) is 0 Å². The van der Waals surface area contributed by atoms with Gasteiger partial charge in [0.15, 0.2) is 0 Å². The molecular weight excluding hydrogens is 281 g/mol. The van der Waals surface area contributed by atoms with Crippen LogP contribution in [0.25, 0.3) is 0 Å². The zero-order valence-corrected chi connectivity index (χ0v) is 11.6. The van der Waals surface area contributed by atoms with Crippen molar-refractivity contribution >= 4 is 5.91 Å². The van der Waals surface area contributed by atoms with Crippen LogP contribution in [0.4, 0.5) is 13.2 Å². The van der Waals surface area contributed by atoms with E-state index in [0.717, 1.165) is 12.1 Å². The molecule has 114 valence electrons. The molecule has 1 aliphatic carbocycles. The Morgan fingerprint density at radius 1 is 1.29 bits per heavy atom. The second-order valence-electron chi connectivity index (χ2n) is 5.28. The standard InChI is InChI=1S/C15H17F3N2O/c1-20(14(21)11-4-7-13(19)8-11)9-10-2-5-12(6-3-10)15(16,17)18/h2-7,11,13H,8-9,19H2,1H3. The van der Waals surface area contributed by atoms with Crippen molar-refractivity contribution in [1.29, 1.82) is 0 Å². The number of amides is 1. The van der Waals surface area contributed by atoms with Crippen LogP contribution in [0.5, 0.6) is 0 Å². The third-order valence-electron chi connectivity index (χ3n) is 3.51. The molecule has 3 nitrogen and oxygen atoms in total. The SMILES string of the molecule is CN(Cc1ccc(C(F)(F)F)cc1)C(=O)C1C=CC(N)C1. The highest BCUT2D eigenvalue weighted by molar-refractivity contribution is 5.81. The summed E-state index contributed by atoms with van der Waals surface area (Å²) in [7, 11) is 1.64. The fourth-order valence-electron chi connectivity index (χ4n) is 2.34. The first-order valence-corrected chi connectivity index (χ1v) is 6.62. The molecule has 21 heavy (non-hydrogen) atoms. The largest absolute Gasteiger partial charge is 0.416 e. The van der Waals surface area contributed by atoms with E-state index in [1.165, 1.54) is 17.0 Å². The molecule has 0 bridgehead atoms. The quantitative estimate of drug-likeness (QED) is 0.872. The fourth-order valence-corrected chi connectivity index (χ4v) is 2.34. The third-order valence-corrected chi connectivity index (χ3v) is 3.51. The van der Waals surface area contributed by atoms with Gasteiger partial charge in [-0.3, -0.25) is 4.79 Å². The molecule has 0 saturated heterocycles. The van der Waals surface area contributed by atoms with Crippen LogP contribution >= 0.6 is 0 Å². The Morgan fingerprint density at radius 2 is 1.90 bits per heavy atom. The van der Waals surface area contributed by atoms with Gasteiger partial charge in [0.2, 0.25) is 5.91 Å². The summed E-state index contributed by atoms with van der Waals surface area (Å²) in [5, 5.41) is 0. The smallest absolute Gasteiger partial charge is 0.341 e. The van der Waals surface area contributed by atoms with Crippen LogP contribution in [0, 0.1) is 5.92 Å². The van der Waals surface area contributed by atoms with E-state index in [4.69, 9.17) is 5.73 Å². The molecule has 2 rings (SSSR count). The first kappa shape index (κ1) is 15.6. The fraction of sp³-hybridized carbons (Fsp3) is 0.400. The number of hydrogen-bond donors (Lipinski definition) is 1. The van der Waals surface area contributed by atoms with Crippen LogP contribution in [0.15, 0.2) is 36.4 Å². The Balaban J connectivity index is 1.98. The summed E-state index contributed by atoms with van der Waals surface area (Å²) in [5.41, 5.74) is 5.68. The molecule has 6 heteroatoms. The maximum absolute atomic E-state index is 12.5. The van der Waals surface area contributed by atoms with Crippen molar-refractivity contribution in [2.75, 3.05) is 7.05 Å². The van der Waals surface area contributed by atoms with Gasteiger partial charge in [-0.15, -0.1) is 0 Å². The maximum Gasteiger partial charge on any atom is 0.416 e. The average molecular weight is 298 g/mol. The molecule has 0 radical (unpaired) electrons. The van der Waals surface area contributed by atoms with E-state index in [1.807, 2.05) is 0 Å². The monoisotopic (exact) mass is 298 g/mol. The lowest BCUT2D eigenvalue weighted by molar-refractivity contribution is -0.137. The van der Waals surface area contributed by atoms with Crippen molar-refractivity contribution in [2.24, 2.45) is 11.7 Å². The first-order chi connectivity index (χ1) is 9.77. The summed E-state index contributed by atoms with van der Waals surface area (Å²) < 4.78 is 37.4. The summed E-state index contributed by atoms with van der Waals surface area (Å²) in [6.45, 7) is 0.274. The van der Waals surface area contributed by atoms with E-state index in [2.05, 4.69) is 0 Å². The Hall–Kier alpha value is -1.82. The highest BCUT2D eigenvalue weighted by Crippen LogP contribution is 2.29. The van der Waals surface area contributed by atoms with Gasteiger partial charge in [0.1, 0.15) is 0 Å². The average Bonchev–Trinajstić information content (AvgIpc) is 2.84. The molecule has 2 N–H and O–H groups in total. The van der Waals surface area contributed by atoms with E-state index < -0.39 is 11.7 Å². The first-order valence-electron chi connectivity index (χ1n) is 6.62. The van der Waals surface area contributed by atoms with E-state index in [1.54, 1.807) is 19.2 Å². The lowest BCUT2D eigenvalue weighted by Crippen LogP contribution is -2.32. The number of nitrogens with two attached hydrogens (primary N) is 1. The second kappa shape index (κ2) is 5.89. The minimum Gasteiger partial charge on any atom is -0.341 e. The summed E-state index contributed by atoms with van der Waals surface area (Å²) in [4.78, 5) is 13.7. The van der Waals surface area contributed by atoms with Gasteiger partial charge >= 0.3 is 6.18 Å². The number of benzene rings is 1. The minimum atomic E-state index is -4.34. The van der Waals surface area contributed by atoms with Crippen molar-refractivity contribution in [1.82, 2.24) is 4.90 Å². The number of rotatable bonds is 3. The number of carbonyl (C=O) groups is 1. The predicted octanol–water partition coefficient (Wildman–Crippen LogP) is 2.57. The summed E-state index contributed by atoms with van der Waals surface area (Å²) in [6.07, 6.45) is -0.175. The van der Waals surface area contributed by atoms with Crippen molar-refractivity contribution in [3.8, 4) is 0 Å². The number of alkyl halides is 3. The maximum atomic E-state index is 12.5. The van der Waals surface area contributed by atoms with Gasteiger partial charge in [-0.25, -0.2) is 0 Å². The van der Waals surface area contributed by atoms with Crippen LogP contribution < -0.4 is 5.73 Å². The molecule has 1 aromatic rings. The molecule has 1 amide bonds. The number of nitrogens with zero attached hydrogens (tertiary/aromatic N) is 1. The molecule has 0 spiro atoms. The molecule has 0 aliphatic heterocycles. The Bertz CT molecular complexity index is 537. The van der Waals surface area contributed by atoms with E-state index in [-0.39, 0.29) is 24.4 Å². The molecule has 2 atom stereocenters. The molecule has 0 fully saturated rings. The molecule has 0 saturated carbocycles. The predicted molar refractivity (Wildman–Crippen MR) is 73.1 cm³/mol. The normalized spacial score (nSPS) is 21.6. The van der Waals surface area contributed by atoms with Crippen LogP contribution in [-0.2, 0) is 17.5 Å². The highest BCUT2D eigenvalue weighted by atomic mass is 19.4. The van der Waals surface area contributed by atoms with Crippen LogP contribution in [0.1, 0.15) is 17.5 Å². The second-order valence-corrected chi connectivity index (χ2v) is 5.28. The van der Waals surface area contributed by atoms with Crippen molar-refractivity contribution in [3.05, 3.63) is 47.5 Å². The van der Waals surface area contributed by atoms with Crippen LogP contribution in [0.2, 0.25) is 0 Å². The summed E-state index contributed by atoms with van der Waals surface area (Å²) in [6, 6.07) is 4.74. The summed E-state index contributed by atoms with van der Waals surface area (Å²) in [5.74, 6) is -0.307.